The molecule has 2 rings (SSSR count). The summed E-state index contributed by atoms with van der Waals surface area (Å²) in [5.74, 6) is 1.05. The summed E-state index contributed by atoms with van der Waals surface area (Å²) in [6, 6.07) is 6.54. The summed E-state index contributed by atoms with van der Waals surface area (Å²) in [5, 5.41) is 0. The van der Waals surface area contributed by atoms with E-state index in [1.807, 2.05) is 0 Å². The van der Waals surface area contributed by atoms with Crippen LogP contribution in [0.3, 0.4) is 0 Å². The molecule has 0 unspecified atom stereocenters. The summed E-state index contributed by atoms with van der Waals surface area (Å²) in [6.07, 6.45) is 2.05. The zero-order valence-corrected chi connectivity index (χ0v) is 14.7. The van der Waals surface area contributed by atoms with Gasteiger partial charge in [-0.25, -0.2) is 4.98 Å². The maximum atomic E-state index is 4.70. The van der Waals surface area contributed by atoms with Gasteiger partial charge in [0.1, 0.15) is 15.0 Å². The number of hydrogen-bond donors (Lipinski definition) is 0. The van der Waals surface area contributed by atoms with E-state index in [9.17, 15) is 0 Å². The number of imidazole rings is 1. The fourth-order valence-electron chi connectivity index (χ4n) is 2.41. The molecule has 0 spiro atoms. The summed E-state index contributed by atoms with van der Waals surface area (Å²) < 4.78 is 4.09. The largest absolute Gasteiger partial charge is 0.318 e. The van der Waals surface area contributed by atoms with E-state index in [0.29, 0.717) is 0 Å². The molecule has 0 aliphatic carbocycles. The van der Waals surface area contributed by atoms with Gasteiger partial charge < -0.3 is 4.57 Å². The molecule has 0 atom stereocenters. The van der Waals surface area contributed by atoms with E-state index < -0.39 is 0 Å². The monoisotopic (exact) mass is 384 g/mol. The van der Waals surface area contributed by atoms with E-state index in [1.54, 1.807) is 0 Å². The number of halogens is 2. The Balaban J connectivity index is 2.74. The predicted molar refractivity (Wildman–Crippen MR) is 87.5 cm³/mol. The molecule has 0 saturated carbocycles. The molecule has 0 amide bonds. The molecule has 0 fully saturated rings. The first kappa shape index (κ1) is 14.8. The Bertz CT molecular complexity index is 566. The van der Waals surface area contributed by atoms with Crippen molar-refractivity contribution in [2.45, 2.75) is 40.2 Å². The summed E-state index contributed by atoms with van der Waals surface area (Å²) in [4.78, 5) is 4.70. The third-order valence-corrected chi connectivity index (χ3v) is 5.29. The van der Waals surface area contributed by atoms with Crippen LogP contribution in [0.1, 0.15) is 31.9 Å². The van der Waals surface area contributed by atoms with E-state index in [2.05, 4.69) is 75.4 Å². The van der Waals surface area contributed by atoms with Crippen molar-refractivity contribution in [3.8, 4) is 11.4 Å². The molecule has 1 aromatic carbocycles. The number of benzene rings is 1. The Labute approximate surface area is 131 Å². The van der Waals surface area contributed by atoms with Crippen molar-refractivity contribution in [3.05, 3.63) is 38.5 Å². The predicted octanol–water partition coefficient (Wildman–Crippen LogP) is 5.22. The molecule has 1 heterocycles. The van der Waals surface area contributed by atoms with Crippen molar-refractivity contribution in [3.63, 3.8) is 0 Å². The zero-order chi connectivity index (χ0) is 14.0. The summed E-state index contributed by atoms with van der Waals surface area (Å²) in [6.45, 7) is 7.43. The Morgan fingerprint density at radius 3 is 2.11 bits per heavy atom. The molecular formula is C15H18Br2N2. The summed E-state index contributed by atoms with van der Waals surface area (Å²) in [5.41, 5.74) is 4.01. The van der Waals surface area contributed by atoms with Gasteiger partial charge in [-0.15, -0.1) is 0 Å². The van der Waals surface area contributed by atoms with Crippen molar-refractivity contribution in [2.24, 2.45) is 0 Å². The highest BCUT2D eigenvalue weighted by Crippen LogP contribution is 2.34. The molecule has 4 heteroatoms. The minimum absolute atomic E-state index is 0.873. The fourth-order valence-corrected chi connectivity index (χ4v) is 3.30. The molecule has 2 nitrogen and oxygen atoms in total. The van der Waals surface area contributed by atoms with Gasteiger partial charge in [0, 0.05) is 12.1 Å². The quantitative estimate of drug-likeness (QED) is 0.705. The smallest absolute Gasteiger partial charge is 0.142 e. The van der Waals surface area contributed by atoms with Crippen LogP contribution in [0.5, 0.6) is 0 Å². The van der Waals surface area contributed by atoms with E-state index in [0.717, 1.165) is 34.4 Å². The van der Waals surface area contributed by atoms with E-state index in [4.69, 9.17) is 4.98 Å². The van der Waals surface area contributed by atoms with Crippen molar-refractivity contribution in [1.82, 2.24) is 9.55 Å². The maximum Gasteiger partial charge on any atom is 0.142 e. The van der Waals surface area contributed by atoms with E-state index >= 15 is 0 Å². The molecule has 19 heavy (non-hydrogen) atoms. The number of aromatic nitrogens is 2. The van der Waals surface area contributed by atoms with Crippen molar-refractivity contribution in [2.75, 3.05) is 0 Å². The van der Waals surface area contributed by atoms with Gasteiger partial charge in [0.25, 0.3) is 0 Å². The van der Waals surface area contributed by atoms with Gasteiger partial charge in [-0.2, -0.15) is 0 Å². The topological polar surface area (TPSA) is 17.8 Å². The van der Waals surface area contributed by atoms with Gasteiger partial charge in [-0.3, -0.25) is 0 Å². The third-order valence-electron chi connectivity index (χ3n) is 3.41. The standard InChI is InChI=1S/C15H18Br2N2/c1-4-10-8-7-9-11(5-2)12(10)15-18-13(16)14(17)19(15)6-3/h7-9H,4-6H2,1-3H3. The molecule has 0 bridgehead atoms. The summed E-state index contributed by atoms with van der Waals surface area (Å²) in [7, 11) is 0. The lowest BCUT2D eigenvalue weighted by Gasteiger charge is -2.14. The van der Waals surface area contributed by atoms with Crippen LogP contribution in [0.25, 0.3) is 11.4 Å². The van der Waals surface area contributed by atoms with Crippen LogP contribution < -0.4 is 0 Å². The van der Waals surface area contributed by atoms with Gasteiger partial charge in [-0.05, 0) is 62.8 Å². The van der Waals surface area contributed by atoms with Gasteiger partial charge in [-0.1, -0.05) is 32.0 Å². The first-order valence-corrected chi connectivity index (χ1v) is 8.25. The average Bonchev–Trinajstić information content (AvgIpc) is 2.72. The second-order valence-electron chi connectivity index (χ2n) is 4.42. The number of rotatable bonds is 4. The highest BCUT2D eigenvalue weighted by atomic mass is 79.9. The Morgan fingerprint density at radius 1 is 1.05 bits per heavy atom. The second-order valence-corrected chi connectivity index (χ2v) is 5.92. The molecule has 0 aliphatic heterocycles. The Hall–Kier alpha value is -0.610. The SMILES string of the molecule is CCc1cccc(CC)c1-c1nc(Br)c(Br)n1CC. The molecule has 0 aliphatic rings. The number of hydrogen-bond acceptors (Lipinski definition) is 1. The molecular weight excluding hydrogens is 368 g/mol. The van der Waals surface area contributed by atoms with Crippen LogP contribution in [-0.4, -0.2) is 9.55 Å². The second kappa shape index (κ2) is 6.23. The van der Waals surface area contributed by atoms with E-state index in [-0.39, 0.29) is 0 Å². The minimum Gasteiger partial charge on any atom is -0.318 e. The average molecular weight is 386 g/mol. The Morgan fingerprint density at radius 2 is 1.63 bits per heavy atom. The van der Waals surface area contributed by atoms with Crippen LogP contribution in [0, 0.1) is 0 Å². The molecule has 102 valence electrons. The van der Waals surface area contributed by atoms with Gasteiger partial charge >= 0.3 is 0 Å². The highest BCUT2D eigenvalue weighted by molar-refractivity contribution is 9.13. The summed E-state index contributed by atoms with van der Waals surface area (Å²) >= 11 is 7.12. The van der Waals surface area contributed by atoms with E-state index in [1.165, 1.54) is 16.7 Å². The van der Waals surface area contributed by atoms with Crippen molar-refractivity contribution >= 4 is 31.9 Å². The number of aryl methyl sites for hydroxylation is 2. The Kier molecular flexibility index (Phi) is 4.85. The van der Waals surface area contributed by atoms with Crippen LogP contribution in [0.4, 0.5) is 0 Å². The fraction of sp³-hybridized carbons (Fsp3) is 0.400. The van der Waals surface area contributed by atoms with Crippen LogP contribution in [0.2, 0.25) is 0 Å². The zero-order valence-electron chi connectivity index (χ0n) is 11.5. The van der Waals surface area contributed by atoms with Crippen molar-refractivity contribution < 1.29 is 0 Å². The van der Waals surface area contributed by atoms with Gasteiger partial charge in [0.15, 0.2) is 0 Å². The molecule has 0 radical (unpaired) electrons. The lowest BCUT2D eigenvalue weighted by molar-refractivity contribution is 0.752. The maximum absolute atomic E-state index is 4.70. The van der Waals surface area contributed by atoms with Crippen LogP contribution in [-0.2, 0) is 19.4 Å². The molecule has 2 aromatic rings. The molecule has 1 aromatic heterocycles. The highest BCUT2D eigenvalue weighted by Gasteiger charge is 2.18. The first-order chi connectivity index (χ1) is 9.13. The van der Waals surface area contributed by atoms with Crippen LogP contribution in [0.15, 0.2) is 27.4 Å². The minimum atomic E-state index is 0.873. The molecule has 0 saturated heterocycles. The van der Waals surface area contributed by atoms with Crippen LogP contribution >= 0.6 is 31.9 Å². The van der Waals surface area contributed by atoms with Gasteiger partial charge in [0.2, 0.25) is 0 Å². The molecule has 0 N–H and O–H groups in total. The number of nitrogens with zero attached hydrogens (tertiary/aromatic N) is 2. The van der Waals surface area contributed by atoms with Crippen molar-refractivity contribution in [1.29, 1.82) is 0 Å². The normalized spacial score (nSPS) is 11.0. The van der Waals surface area contributed by atoms with Gasteiger partial charge in [0.05, 0.1) is 0 Å². The lowest BCUT2D eigenvalue weighted by Crippen LogP contribution is -2.03. The first-order valence-electron chi connectivity index (χ1n) is 6.66. The third kappa shape index (κ3) is 2.65. The lowest BCUT2D eigenvalue weighted by atomic mass is 9.97.